The maximum atomic E-state index is 11.7. The number of hydrogen-bond donors (Lipinski definition) is 2. The highest BCUT2D eigenvalue weighted by Crippen LogP contribution is 2.30. The number of benzene rings is 1. The summed E-state index contributed by atoms with van der Waals surface area (Å²) in [5.41, 5.74) is 3.60. The zero-order chi connectivity index (χ0) is 17.0. The van der Waals surface area contributed by atoms with Gasteiger partial charge in [0.05, 0.1) is 23.5 Å². The van der Waals surface area contributed by atoms with Gasteiger partial charge in [-0.3, -0.25) is 5.43 Å². The largest absolute Gasteiger partial charge is 0.506 e. The Morgan fingerprint density at radius 1 is 1.52 bits per heavy atom. The number of hydrogen-bond acceptors (Lipinski definition) is 7. The fraction of sp³-hybridized carbons (Fsp3) is 0.214. The second-order valence-electron chi connectivity index (χ2n) is 4.35. The van der Waals surface area contributed by atoms with E-state index in [1.807, 2.05) is 0 Å². The number of carbonyl (C=O) groups excluding carboxylic acids is 1. The molecule has 122 valence electrons. The van der Waals surface area contributed by atoms with E-state index >= 15 is 0 Å². The van der Waals surface area contributed by atoms with Crippen LogP contribution in [-0.4, -0.2) is 28.9 Å². The number of thiazole rings is 1. The van der Waals surface area contributed by atoms with Crippen LogP contribution in [0.3, 0.4) is 0 Å². The number of ether oxygens (including phenoxy) is 1. The standard InChI is InChI=1S/C14H13Cl2N3O3S/c1-3-22-13(21)12-7(2)18-14(23-12)19-17-6-8-4-9(15)5-10(16)11(8)20/h4-6,20H,3H2,1-2H3,(H,18,19)/b17-6-. The van der Waals surface area contributed by atoms with Gasteiger partial charge >= 0.3 is 5.97 Å². The first-order valence-corrected chi connectivity index (χ1v) is 8.11. The Balaban J connectivity index is 2.12. The Hall–Kier alpha value is -1.83. The molecule has 0 atom stereocenters. The second kappa shape index (κ2) is 7.63. The first kappa shape index (κ1) is 17.5. The lowest BCUT2D eigenvalue weighted by Gasteiger charge is -2.02. The minimum Gasteiger partial charge on any atom is -0.506 e. The van der Waals surface area contributed by atoms with E-state index in [-0.39, 0.29) is 10.8 Å². The maximum Gasteiger partial charge on any atom is 0.350 e. The lowest BCUT2D eigenvalue weighted by molar-refractivity contribution is 0.0531. The van der Waals surface area contributed by atoms with E-state index in [0.29, 0.717) is 32.9 Å². The van der Waals surface area contributed by atoms with E-state index in [9.17, 15) is 9.90 Å². The van der Waals surface area contributed by atoms with E-state index in [2.05, 4.69) is 15.5 Å². The van der Waals surface area contributed by atoms with Gasteiger partial charge in [0.15, 0.2) is 0 Å². The molecular weight excluding hydrogens is 361 g/mol. The number of nitrogens with zero attached hydrogens (tertiary/aromatic N) is 2. The van der Waals surface area contributed by atoms with Crippen molar-refractivity contribution in [2.45, 2.75) is 13.8 Å². The lowest BCUT2D eigenvalue weighted by atomic mass is 10.2. The van der Waals surface area contributed by atoms with Gasteiger partial charge in [-0.25, -0.2) is 9.78 Å². The number of carbonyl (C=O) groups is 1. The maximum absolute atomic E-state index is 11.7. The van der Waals surface area contributed by atoms with Crippen molar-refractivity contribution in [2.75, 3.05) is 12.0 Å². The zero-order valence-corrected chi connectivity index (χ0v) is 14.6. The molecule has 0 aliphatic carbocycles. The number of aromatic nitrogens is 1. The van der Waals surface area contributed by atoms with Gasteiger partial charge < -0.3 is 9.84 Å². The molecular formula is C14H13Cl2N3O3S. The highest BCUT2D eigenvalue weighted by atomic mass is 35.5. The molecule has 23 heavy (non-hydrogen) atoms. The molecule has 9 heteroatoms. The molecule has 0 aliphatic rings. The summed E-state index contributed by atoms with van der Waals surface area (Å²) >= 11 is 12.8. The number of aromatic hydroxyl groups is 1. The Labute approximate surface area is 146 Å². The number of phenolic OH excluding ortho intramolecular Hbond substituents is 1. The number of anilines is 1. The summed E-state index contributed by atoms with van der Waals surface area (Å²) in [6.45, 7) is 3.74. The average molecular weight is 374 g/mol. The number of phenols is 1. The normalized spacial score (nSPS) is 11.0. The number of hydrazone groups is 1. The summed E-state index contributed by atoms with van der Waals surface area (Å²) < 4.78 is 4.94. The van der Waals surface area contributed by atoms with Gasteiger partial charge in [0.25, 0.3) is 0 Å². The van der Waals surface area contributed by atoms with E-state index < -0.39 is 5.97 Å². The molecule has 0 saturated heterocycles. The third-order valence-corrected chi connectivity index (χ3v) is 4.23. The smallest absolute Gasteiger partial charge is 0.350 e. The minimum atomic E-state index is -0.418. The molecule has 0 unspecified atom stereocenters. The van der Waals surface area contributed by atoms with Gasteiger partial charge in [-0.15, -0.1) is 0 Å². The summed E-state index contributed by atoms with van der Waals surface area (Å²) in [4.78, 5) is 16.3. The van der Waals surface area contributed by atoms with Crippen LogP contribution in [-0.2, 0) is 4.74 Å². The highest BCUT2D eigenvalue weighted by Gasteiger charge is 2.16. The van der Waals surface area contributed by atoms with Crippen LogP contribution in [0.1, 0.15) is 27.9 Å². The minimum absolute atomic E-state index is 0.121. The molecule has 1 aromatic carbocycles. The third-order valence-electron chi connectivity index (χ3n) is 2.68. The van der Waals surface area contributed by atoms with Crippen molar-refractivity contribution in [2.24, 2.45) is 5.10 Å². The average Bonchev–Trinajstić information content (AvgIpc) is 2.85. The van der Waals surface area contributed by atoms with Crippen LogP contribution in [0, 0.1) is 6.92 Å². The first-order chi connectivity index (χ1) is 10.9. The number of rotatable bonds is 5. The second-order valence-corrected chi connectivity index (χ2v) is 6.19. The molecule has 0 bridgehead atoms. The lowest BCUT2D eigenvalue weighted by Crippen LogP contribution is -2.03. The van der Waals surface area contributed by atoms with Crippen LogP contribution in [0.15, 0.2) is 17.2 Å². The Bertz CT molecular complexity index is 762. The molecule has 1 aromatic heterocycles. The molecule has 0 aliphatic heterocycles. The fourth-order valence-electron chi connectivity index (χ4n) is 1.67. The predicted octanol–water partition coefficient (Wildman–Crippen LogP) is 4.09. The molecule has 0 fully saturated rings. The van der Waals surface area contributed by atoms with E-state index in [4.69, 9.17) is 27.9 Å². The van der Waals surface area contributed by atoms with Crippen molar-refractivity contribution >= 4 is 51.9 Å². The third kappa shape index (κ3) is 4.34. The number of nitrogens with one attached hydrogen (secondary N) is 1. The molecule has 1 heterocycles. The van der Waals surface area contributed by atoms with Crippen molar-refractivity contribution in [3.05, 3.63) is 38.3 Å². The van der Waals surface area contributed by atoms with Gasteiger partial charge in [0.2, 0.25) is 5.13 Å². The molecule has 6 nitrogen and oxygen atoms in total. The summed E-state index contributed by atoms with van der Waals surface area (Å²) in [5.74, 6) is -0.539. The van der Waals surface area contributed by atoms with Gasteiger partial charge in [-0.2, -0.15) is 5.10 Å². The van der Waals surface area contributed by atoms with Gasteiger partial charge in [0.1, 0.15) is 10.6 Å². The summed E-state index contributed by atoms with van der Waals surface area (Å²) in [5, 5.41) is 14.7. The SMILES string of the molecule is CCOC(=O)c1sc(N/N=C\c2cc(Cl)cc(Cl)c2O)nc1C. The van der Waals surface area contributed by atoms with Crippen molar-refractivity contribution < 1.29 is 14.6 Å². The number of halogens is 2. The molecule has 0 spiro atoms. The van der Waals surface area contributed by atoms with Crippen LogP contribution >= 0.6 is 34.5 Å². The molecule has 0 radical (unpaired) electrons. The molecule has 0 saturated carbocycles. The molecule has 0 amide bonds. The van der Waals surface area contributed by atoms with E-state index in [0.717, 1.165) is 11.3 Å². The van der Waals surface area contributed by atoms with Crippen molar-refractivity contribution in [1.82, 2.24) is 4.98 Å². The number of esters is 1. The Morgan fingerprint density at radius 3 is 2.96 bits per heavy atom. The van der Waals surface area contributed by atoms with Crippen molar-refractivity contribution in [1.29, 1.82) is 0 Å². The van der Waals surface area contributed by atoms with E-state index in [1.165, 1.54) is 18.3 Å². The number of aryl methyl sites for hydroxylation is 1. The summed E-state index contributed by atoms with van der Waals surface area (Å²) in [6, 6.07) is 2.95. The van der Waals surface area contributed by atoms with Gasteiger partial charge in [-0.05, 0) is 26.0 Å². The first-order valence-electron chi connectivity index (χ1n) is 6.54. The topological polar surface area (TPSA) is 83.8 Å². The molecule has 2 rings (SSSR count). The van der Waals surface area contributed by atoms with Crippen LogP contribution in [0.2, 0.25) is 10.0 Å². The van der Waals surface area contributed by atoms with Gasteiger partial charge in [-0.1, -0.05) is 34.5 Å². The summed E-state index contributed by atoms with van der Waals surface area (Å²) in [6.07, 6.45) is 1.36. The Morgan fingerprint density at radius 2 is 2.26 bits per heavy atom. The fourth-order valence-corrected chi connectivity index (χ4v) is 2.99. The van der Waals surface area contributed by atoms with Crippen LogP contribution in [0.25, 0.3) is 0 Å². The van der Waals surface area contributed by atoms with Gasteiger partial charge in [0, 0.05) is 10.6 Å². The zero-order valence-electron chi connectivity index (χ0n) is 12.3. The predicted molar refractivity (Wildman–Crippen MR) is 92.2 cm³/mol. The Kier molecular flexibility index (Phi) is 5.81. The molecule has 2 aromatic rings. The van der Waals surface area contributed by atoms with Crippen LogP contribution in [0.5, 0.6) is 5.75 Å². The monoisotopic (exact) mass is 373 g/mol. The van der Waals surface area contributed by atoms with Crippen molar-refractivity contribution in [3.8, 4) is 5.75 Å². The van der Waals surface area contributed by atoms with Crippen LogP contribution < -0.4 is 5.43 Å². The molecule has 2 N–H and O–H groups in total. The van der Waals surface area contributed by atoms with Crippen molar-refractivity contribution in [3.63, 3.8) is 0 Å². The van der Waals surface area contributed by atoms with Crippen LogP contribution in [0.4, 0.5) is 5.13 Å². The highest BCUT2D eigenvalue weighted by molar-refractivity contribution is 7.17. The quantitative estimate of drug-likeness (QED) is 0.468. The summed E-state index contributed by atoms with van der Waals surface area (Å²) in [7, 11) is 0. The van der Waals surface area contributed by atoms with E-state index in [1.54, 1.807) is 13.8 Å².